The maximum atomic E-state index is 11.5. The monoisotopic (exact) mass is 408 g/mol. The van der Waals surface area contributed by atoms with E-state index >= 15 is 0 Å². The van der Waals surface area contributed by atoms with E-state index in [4.69, 9.17) is 0 Å². The Morgan fingerprint density at radius 2 is 1.75 bits per heavy atom. The lowest BCUT2D eigenvalue weighted by Crippen LogP contribution is -2.42. The Kier molecular flexibility index (Phi) is 8.31. The number of aliphatic imine (C=N–C) groups is 1. The van der Waals surface area contributed by atoms with E-state index in [9.17, 15) is 8.42 Å². The molecule has 0 spiro atoms. The van der Waals surface area contributed by atoms with E-state index < -0.39 is 9.84 Å². The Bertz CT molecular complexity index is 723. The molecule has 28 heavy (non-hydrogen) atoms. The molecule has 1 aromatic carbocycles. The van der Waals surface area contributed by atoms with Crippen LogP contribution in [0.4, 0.5) is 0 Å². The highest BCUT2D eigenvalue weighted by Gasteiger charge is 2.20. The van der Waals surface area contributed by atoms with Crippen molar-refractivity contribution in [1.82, 2.24) is 15.5 Å². The first-order valence-corrected chi connectivity index (χ1v) is 12.1. The van der Waals surface area contributed by atoms with E-state index in [1.807, 2.05) is 0 Å². The zero-order valence-corrected chi connectivity index (χ0v) is 18.6. The molecule has 1 aromatic rings. The summed E-state index contributed by atoms with van der Waals surface area (Å²) in [5.41, 5.74) is 2.84. The van der Waals surface area contributed by atoms with Crippen molar-refractivity contribution in [3.8, 4) is 0 Å². The van der Waals surface area contributed by atoms with Crippen LogP contribution in [0.1, 0.15) is 38.8 Å². The minimum Gasteiger partial charge on any atom is -0.357 e. The van der Waals surface area contributed by atoms with Crippen molar-refractivity contribution >= 4 is 15.8 Å². The molecule has 1 aliphatic heterocycles. The molecule has 0 atom stereocenters. The maximum absolute atomic E-state index is 11.5. The van der Waals surface area contributed by atoms with Crippen LogP contribution < -0.4 is 10.6 Å². The molecule has 0 radical (unpaired) electrons. The summed E-state index contributed by atoms with van der Waals surface area (Å²) in [7, 11) is -2.82. The van der Waals surface area contributed by atoms with Gasteiger partial charge in [0.15, 0.2) is 15.8 Å². The Labute approximate surface area is 170 Å². The van der Waals surface area contributed by atoms with E-state index in [1.54, 1.807) is 0 Å². The highest BCUT2D eigenvalue weighted by molar-refractivity contribution is 7.91. The summed E-state index contributed by atoms with van der Waals surface area (Å²) < 4.78 is 23.0. The number of rotatable bonds is 7. The molecular weight excluding hydrogens is 372 g/mol. The molecule has 6 nitrogen and oxygen atoms in total. The van der Waals surface area contributed by atoms with Crippen LogP contribution in [0.3, 0.4) is 0 Å². The van der Waals surface area contributed by atoms with Gasteiger partial charge in [-0.3, -0.25) is 9.89 Å². The van der Waals surface area contributed by atoms with Crippen molar-refractivity contribution < 1.29 is 8.42 Å². The maximum Gasteiger partial charge on any atom is 0.191 e. The minimum atomic E-state index is -2.82. The first-order valence-electron chi connectivity index (χ1n) is 10.2. The average molecular weight is 409 g/mol. The molecule has 0 amide bonds. The molecule has 2 rings (SSSR count). The summed E-state index contributed by atoms with van der Waals surface area (Å²) in [6.07, 6.45) is 0.943. The molecule has 0 aromatic heterocycles. The fourth-order valence-electron chi connectivity index (χ4n) is 3.12. The lowest BCUT2D eigenvalue weighted by molar-refractivity contribution is 0.304. The quantitative estimate of drug-likeness (QED) is 0.532. The van der Waals surface area contributed by atoms with Crippen LogP contribution in [0.2, 0.25) is 0 Å². The predicted molar refractivity (Wildman–Crippen MR) is 118 cm³/mol. The molecule has 2 N–H and O–H groups in total. The molecule has 7 heteroatoms. The zero-order chi connectivity index (χ0) is 20.6. The summed E-state index contributed by atoms with van der Waals surface area (Å²) >= 11 is 0. The Balaban J connectivity index is 1.76. The fourth-order valence-corrected chi connectivity index (χ4v) is 4.39. The molecular formula is C21H36N4O2S. The third-order valence-electron chi connectivity index (χ3n) is 4.99. The summed E-state index contributed by atoms with van der Waals surface area (Å²) in [5, 5.41) is 6.66. The van der Waals surface area contributed by atoms with Crippen molar-refractivity contribution in [2.75, 3.05) is 50.8 Å². The largest absolute Gasteiger partial charge is 0.357 e. The fraction of sp³-hybridized carbons (Fsp3) is 0.667. The van der Waals surface area contributed by atoms with E-state index in [0.717, 1.165) is 32.0 Å². The number of benzene rings is 1. The van der Waals surface area contributed by atoms with Gasteiger partial charge in [-0.15, -0.1) is 0 Å². The number of nitrogens with zero attached hydrogens (tertiary/aromatic N) is 2. The minimum absolute atomic E-state index is 0.181. The van der Waals surface area contributed by atoms with Crippen LogP contribution in [0.5, 0.6) is 0 Å². The summed E-state index contributed by atoms with van der Waals surface area (Å²) in [4.78, 5) is 6.80. The molecule has 0 aliphatic carbocycles. The standard InChI is InChI=1S/C21H36N4O2S/c1-5-22-20(24-12-13-25-14-16-28(26,27)17-15-25)23-11-10-18-6-8-19(9-7-18)21(2,3)4/h6-9H,5,10-17H2,1-4H3,(H2,22,23,24). The van der Waals surface area contributed by atoms with E-state index in [0.29, 0.717) is 19.6 Å². The topological polar surface area (TPSA) is 73.8 Å². The third-order valence-corrected chi connectivity index (χ3v) is 6.60. The lowest BCUT2D eigenvalue weighted by atomic mass is 9.86. The van der Waals surface area contributed by atoms with Crippen LogP contribution in [0, 0.1) is 0 Å². The third kappa shape index (κ3) is 7.80. The number of nitrogens with one attached hydrogen (secondary N) is 2. The zero-order valence-electron chi connectivity index (χ0n) is 17.8. The second kappa shape index (κ2) is 10.3. The second-order valence-electron chi connectivity index (χ2n) is 8.38. The lowest BCUT2D eigenvalue weighted by Gasteiger charge is -2.25. The van der Waals surface area contributed by atoms with Gasteiger partial charge in [0.2, 0.25) is 0 Å². The van der Waals surface area contributed by atoms with Gasteiger partial charge in [-0.25, -0.2) is 8.42 Å². The van der Waals surface area contributed by atoms with Gasteiger partial charge in [-0.1, -0.05) is 45.0 Å². The van der Waals surface area contributed by atoms with Gasteiger partial charge in [0.05, 0.1) is 18.1 Å². The first kappa shape index (κ1) is 22.7. The SMILES string of the molecule is CCNC(=NCCN1CCS(=O)(=O)CC1)NCCc1ccc(C(C)(C)C)cc1. The number of guanidine groups is 1. The predicted octanol–water partition coefficient (Wildman–Crippen LogP) is 1.81. The molecule has 0 bridgehead atoms. The second-order valence-corrected chi connectivity index (χ2v) is 10.7. The normalized spacial score (nSPS) is 18.1. The highest BCUT2D eigenvalue weighted by Crippen LogP contribution is 2.22. The Hall–Kier alpha value is -1.60. The van der Waals surface area contributed by atoms with Gasteiger partial charge < -0.3 is 10.6 Å². The number of sulfone groups is 1. The van der Waals surface area contributed by atoms with Gasteiger partial charge in [0, 0.05) is 32.7 Å². The Morgan fingerprint density at radius 1 is 1.11 bits per heavy atom. The van der Waals surface area contributed by atoms with Crippen LogP contribution in [0.25, 0.3) is 0 Å². The van der Waals surface area contributed by atoms with Crippen LogP contribution in [-0.2, 0) is 21.7 Å². The van der Waals surface area contributed by atoms with E-state index in [-0.39, 0.29) is 16.9 Å². The molecule has 0 unspecified atom stereocenters. The van der Waals surface area contributed by atoms with Crippen molar-refractivity contribution in [2.24, 2.45) is 4.99 Å². The Morgan fingerprint density at radius 3 is 2.32 bits per heavy atom. The van der Waals surface area contributed by atoms with Crippen LogP contribution in [0.15, 0.2) is 29.3 Å². The van der Waals surface area contributed by atoms with Crippen molar-refractivity contribution in [3.05, 3.63) is 35.4 Å². The smallest absolute Gasteiger partial charge is 0.191 e. The van der Waals surface area contributed by atoms with Gasteiger partial charge in [0.25, 0.3) is 0 Å². The van der Waals surface area contributed by atoms with Crippen LogP contribution >= 0.6 is 0 Å². The summed E-state index contributed by atoms with van der Waals surface area (Å²) in [5.74, 6) is 1.35. The first-order chi connectivity index (χ1) is 13.2. The van der Waals surface area contributed by atoms with Crippen LogP contribution in [-0.4, -0.2) is 70.1 Å². The van der Waals surface area contributed by atoms with E-state index in [1.165, 1.54) is 11.1 Å². The molecule has 158 valence electrons. The summed E-state index contributed by atoms with van der Waals surface area (Å²) in [6.45, 7) is 13.1. The van der Waals surface area contributed by atoms with Gasteiger partial charge in [-0.2, -0.15) is 0 Å². The molecule has 1 fully saturated rings. The molecule has 1 heterocycles. The summed E-state index contributed by atoms with van der Waals surface area (Å²) in [6, 6.07) is 8.84. The van der Waals surface area contributed by atoms with E-state index in [2.05, 4.69) is 72.5 Å². The number of hydrogen-bond donors (Lipinski definition) is 2. The highest BCUT2D eigenvalue weighted by atomic mass is 32.2. The average Bonchev–Trinajstić information content (AvgIpc) is 2.63. The molecule has 0 saturated carbocycles. The van der Waals surface area contributed by atoms with Gasteiger partial charge in [-0.05, 0) is 29.9 Å². The molecule has 1 saturated heterocycles. The molecule has 1 aliphatic rings. The van der Waals surface area contributed by atoms with Crippen molar-refractivity contribution in [2.45, 2.75) is 39.5 Å². The van der Waals surface area contributed by atoms with Crippen molar-refractivity contribution in [3.63, 3.8) is 0 Å². The van der Waals surface area contributed by atoms with Gasteiger partial charge in [0.1, 0.15) is 0 Å². The van der Waals surface area contributed by atoms with Gasteiger partial charge >= 0.3 is 0 Å². The van der Waals surface area contributed by atoms with Crippen molar-refractivity contribution in [1.29, 1.82) is 0 Å². The number of hydrogen-bond acceptors (Lipinski definition) is 4.